The van der Waals surface area contributed by atoms with Crippen LogP contribution in [-0.2, 0) is 4.79 Å². The maximum atomic E-state index is 11.6. The van der Waals surface area contributed by atoms with Crippen LogP contribution >= 0.6 is 0 Å². The molecular weight excluding hydrogens is 256 g/mol. The number of carboxylic acid groups (broad SMARTS) is 1. The van der Waals surface area contributed by atoms with Crippen LogP contribution in [0.25, 0.3) is 0 Å². The van der Waals surface area contributed by atoms with Gasteiger partial charge in [-0.25, -0.2) is 4.79 Å². The fraction of sp³-hybridized carbons (Fsp3) is 0.733. The number of carbonyl (C=O) groups is 2. The molecule has 0 atom stereocenters. The molecule has 0 aromatic heterocycles. The van der Waals surface area contributed by atoms with E-state index in [2.05, 4.69) is 16.6 Å². The fourth-order valence-corrected chi connectivity index (χ4v) is 2.58. The first kappa shape index (κ1) is 16.4. The van der Waals surface area contributed by atoms with Crippen LogP contribution < -0.4 is 10.6 Å². The summed E-state index contributed by atoms with van der Waals surface area (Å²) in [5.41, 5.74) is -0.799. The molecule has 0 aromatic rings. The summed E-state index contributed by atoms with van der Waals surface area (Å²) in [5, 5.41) is 14.9. The van der Waals surface area contributed by atoms with E-state index in [1.165, 1.54) is 0 Å². The Labute approximate surface area is 120 Å². The Bertz CT molecular complexity index is 366. The molecular formula is C15H24N2O3. The van der Waals surface area contributed by atoms with E-state index in [0.717, 1.165) is 32.1 Å². The van der Waals surface area contributed by atoms with E-state index < -0.39 is 11.4 Å². The first-order valence-corrected chi connectivity index (χ1v) is 7.29. The summed E-state index contributed by atoms with van der Waals surface area (Å²) >= 11 is 0. The van der Waals surface area contributed by atoms with E-state index in [-0.39, 0.29) is 12.6 Å². The highest BCUT2D eigenvalue weighted by molar-refractivity contribution is 5.78. The number of urea groups is 1. The predicted octanol–water partition coefficient (Wildman–Crippen LogP) is 2.12. The van der Waals surface area contributed by atoms with Gasteiger partial charge in [0, 0.05) is 19.5 Å². The molecule has 0 aromatic carbocycles. The Kier molecular flexibility index (Phi) is 6.92. The van der Waals surface area contributed by atoms with Gasteiger partial charge in [0.1, 0.15) is 0 Å². The lowest BCUT2D eigenvalue weighted by atomic mass is 9.80. The number of unbranched alkanes of at least 4 members (excludes halogenated alkanes) is 1. The summed E-state index contributed by atoms with van der Waals surface area (Å²) in [4.78, 5) is 23.2. The van der Waals surface area contributed by atoms with Gasteiger partial charge in [-0.2, -0.15) is 0 Å². The quantitative estimate of drug-likeness (QED) is 0.396. The minimum absolute atomic E-state index is 0.198. The van der Waals surface area contributed by atoms with Crippen molar-refractivity contribution in [2.75, 3.05) is 13.1 Å². The molecule has 1 fully saturated rings. The molecule has 1 saturated carbocycles. The molecule has 2 amide bonds. The Balaban J connectivity index is 2.40. The van der Waals surface area contributed by atoms with Crippen LogP contribution in [0, 0.1) is 17.8 Å². The largest absolute Gasteiger partial charge is 0.481 e. The van der Waals surface area contributed by atoms with Crippen molar-refractivity contribution in [2.24, 2.45) is 5.41 Å². The standard InChI is InChI=1S/C15H24N2O3/c1-2-3-8-11-16-14(20)17-12-15(13(18)19)9-6-4-5-7-10-15/h1H,3-12H2,(H,18,19)(H2,16,17,20). The molecule has 5 nitrogen and oxygen atoms in total. The number of rotatable bonds is 6. The third kappa shape index (κ3) is 5.12. The van der Waals surface area contributed by atoms with Crippen molar-refractivity contribution in [3.63, 3.8) is 0 Å². The number of amides is 2. The molecule has 0 saturated heterocycles. The lowest BCUT2D eigenvalue weighted by molar-refractivity contribution is -0.149. The van der Waals surface area contributed by atoms with Crippen LogP contribution in [0.3, 0.4) is 0 Å². The molecule has 0 bridgehead atoms. The topological polar surface area (TPSA) is 78.4 Å². The molecule has 0 spiro atoms. The Morgan fingerprint density at radius 1 is 1.15 bits per heavy atom. The molecule has 1 aliphatic carbocycles. The van der Waals surface area contributed by atoms with Crippen LogP contribution in [0.15, 0.2) is 0 Å². The number of terminal acetylenes is 1. The number of carboxylic acids is 1. The van der Waals surface area contributed by atoms with Gasteiger partial charge in [0.15, 0.2) is 0 Å². The lowest BCUT2D eigenvalue weighted by Crippen LogP contribution is -2.46. The molecule has 0 radical (unpaired) electrons. The second-order valence-electron chi connectivity index (χ2n) is 5.42. The van der Waals surface area contributed by atoms with Gasteiger partial charge in [0.2, 0.25) is 0 Å². The molecule has 0 aliphatic heterocycles. The highest BCUT2D eigenvalue weighted by Gasteiger charge is 2.38. The number of aliphatic carboxylic acids is 1. The van der Waals surface area contributed by atoms with Gasteiger partial charge in [-0.15, -0.1) is 12.3 Å². The van der Waals surface area contributed by atoms with Crippen molar-refractivity contribution >= 4 is 12.0 Å². The van der Waals surface area contributed by atoms with E-state index in [4.69, 9.17) is 6.42 Å². The highest BCUT2D eigenvalue weighted by atomic mass is 16.4. The second kappa shape index (κ2) is 8.47. The first-order chi connectivity index (χ1) is 9.60. The van der Waals surface area contributed by atoms with Crippen molar-refractivity contribution in [1.29, 1.82) is 0 Å². The minimum atomic E-state index is -0.799. The van der Waals surface area contributed by atoms with Crippen LogP contribution in [0.4, 0.5) is 4.79 Å². The molecule has 0 unspecified atom stereocenters. The van der Waals surface area contributed by atoms with Crippen molar-refractivity contribution < 1.29 is 14.7 Å². The molecule has 112 valence electrons. The number of nitrogens with one attached hydrogen (secondary N) is 2. The van der Waals surface area contributed by atoms with E-state index in [0.29, 0.717) is 25.8 Å². The number of hydrogen-bond acceptors (Lipinski definition) is 2. The molecule has 0 heterocycles. The number of carbonyl (C=O) groups excluding carboxylic acids is 1. The minimum Gasteiger partial charge on any atom is -0.481 e. The monoisotopic (exact) mass is 280 g/mol. The van der Waals surface area contributed by atoms with Crippen LogP contribution in [0.1, 0.15) is 51.4 Å². The average Bonchev–Trinajstić information content (AvgIpc) is 2.68. The zero-order valence-electron chi connectivity index (χ0n) is 11.9. The van der Waals surface area contributed by atoms with Gasteiger partial charge >= 0.3 is 12.0 Å². The summed E-state index contributed by atoms with van der Waals surface area (Å²) in [7, 11) is 0. The van der Waals surface area contributed by atoms with E-state index in [9.17, 15) is 14.7 Å². The SMILES string of the molecule is C#CCCCNC(=O)NCC1(C(=O)O)CCCCCC1. The normalized spacial score (nSPS) is 17.6. The van der Waals surface area contributed by atoms with Crippen LogP contribution in [0.2, 0.25) is 0 Å². The van der Waals surface area contributed by atoms with Gasteiger partial charge in [-0.1, -0.05) is 25.7 Å². The maximum absolute atomic E-state index is 11.6. The van der Waals surface area contributed by atoms with Gasteiger partial charge in [0.05, 0.1) is 5.41 Å². The molecule has 20 heavy (non-hydrogen) atoms. The predicted molar refractivity (Wildman–Crippen MR) is 77.2 cm³/mol. The third-order valence-corrected chi connectivity index (χ3v) is 3.89. The van der Waals surface area contributed by atoms with Crippen molar-refractivity contribution in [3.8, 4) is 12.3 Å². The van der Waals surface area contributed by atoms with Gasteiger partial charge in [-0.3, -0.25) is 4.79 Å². The van der Waals surface area contributed by atoms with E-state index >= 15 is 0 Å². The van der Waals surface area contributed by atoms with Gasteiger partial charge in [0.25, 0.3) is 0 Å². The summed E-state index contributed by atoms with van der Waals surface area (Å²) in [6, 6.07) is -0.313. The summed E-state index contributed by atoms with van der Waals surface area (Å²) < 4.78 is 0. The second-order valence-corrected chi connectivity index (χ2v) is 5.42. The molecule has 1 aliphatic rings. The van der Waals surface area contributed by atoms with E-state index in [1.807, 2.05) is 0 Å². The third-order valence-electron chi connectivity index (χ3n) is 3.89. The first-order valence-electron chi connectivity index (χ1n) is 7.29. The zero-order valence-corrected chi connectivity index (χ0v) is 11.9. The van der Waals surface area contributed by atoms with Crippen molar-refractivity contribution in [2.45, 2.75) is 51.4 Å². The summed E-state index contributed by atoms with van der Waals surface area (Å²) in [5.74, 6) is 1.70. The van der Waals surface area contributed by atoms with Crippen LogP contribution in [0.5, 0.6) is 0 Å². The molecule has 3 N–H and O–H groups in total. The maximum Gasteiger partial charge on any atom is 0.314 e. The average molecular weight is 280 g/mol. The van der Waals surface area contributed by atoms with Gasteiger partial charge < -0.3 is 15.7 Å². The Morgan fingerprint density at radius 3 is 2.35 bits per heavy atom. The van der Waals surface area contributed by atoms with E-state index in [1.54, 1.807) is 0 Å². The molecule has 1 rings (SSSR count). The highest BCUT2D eigenvalue weighted by Crippen LogP contribution is 2.34. The Morgan fingerprint density at radius 2 is 1.80 bits per heavy atom. The zero-order chi connectivity index (χ0) is 14.8. The fourth-order valence-electron chi connectivity index (χ4n) is 2.58. The summed E-state index contributed by atoms with van der Waals surface area (Å²) in [6.45, 7) is 0.708. The van der Waals surface area contributed by atoms with Crippen molar-refractivity contribution in [1.82, 2.24) is 10.6 Å². The van der Waals surface area contributed by atoms with Crippen molar-refractivity contribution in [3.05, 3.63) is 0 Å². The lowest BCUT2D eigenvalue weighted by Gasteiger charge is -2.28. The van der Waals surface area contributed by atoms with Crippen LogP contribution in [-0.4, -0.2) is 30.2 Å². The molecule has 5 heteroatoms. The summed E-state index contributed by atoms with van der Waals surface area (Å²) in [6.07, 6.45) is 11.7. The number of hydrogen-bond donors (Lipinski definition) is 3. The Hall–Kier alpha value is -1.70. The smallest absolute Gasteiger partial charge is 0.314 e. The van der Waals surface area contributed by atoms with Gasteiger partial charge in [-0.05, 0) is 19.3 Å².